The highest BCUT2D eigenvalue weighted by Crippen LogP contribution is 1.99. The Labute approximate surface area is 77.0 Å². The van der Waals surface area contributed by atoms with Crippen molar-refractivity contribution in [2.24, 2.45) is 0 Å². The van der Waals surface area contributed by atoms with Crippen LogP contribution in [0.25, 0.3) is 0 Å². The second kappa shape index (κ2) is 13.2. The van der Waals surface area contributed by atoms with E-state index >= 15 is 0 Å². The van der Waals surface area contributed by atoms with Gasteiger partial charge in [0.05, 0.1) is 0 Å². The number of hydrogen-bond donors (Lipinski definition) is 0. The van der Waals surface area contributed by atoms with E-state index in [9.17, 15) is 4.79 Å². The van der Waals surface area contributed by atoms with Crippen molar-refractivity contribution in [2.75, 3.05) is 21.1 Å². The van der Waals surface area contributed by atoms with E-state index in [2.05, 4.69) is 6.92 Å². The minimum atomic E-state index is 0.750. The summed E-state index contributed by atoms with van der Waals surface area (Å²) in [5.41, 5.74) is 0. The Hall–Kier alpha value is -0.370. The van der Waals surface area contributed by atoms with Gasteiger partial charge in [0, 0.05) is 6.42 Å². The van der Waals surface area contributed by atoms with Gasteiger partial charge in [-0.15, -0.1) is 0 Å². The molecule has 0 fully saturated rings. The van der Waals surface area contributed by atoms with Gasteiger partial charge in [-0.2, -0.15) is 0 Å². The molecule has 0 heterocycles. The van der Waals surface area contributed by atoms with Gasteiger partial charge >= 0.3 is 0 Å². The van der Waals surface area contributed by atoms with Crippen molar-refractivity contribution >= 4 is 6.29 Å². The van der Waals surface area contributed by atoms with Crippen LogP contribution >= 0.6 is 0 Å². The fourth-order valence-electron chi connectivity index (χ4n) is 0.654. The molecule has 0 aromatic rings. The number of carbonyl (C=O) groups is 1. The van der Waals surface area contributed by atoms with Crippen LogP contribution in [0.3, 0.4) is 0 Å². The Kier molecular flexibility index (Phi) is 15.6. The zero-order valence-electron chi connectivity index (χ0n) is 8.97. The molecule has 0 radical (unpaired) electrons. The number of rotatable bonds is 5. The van der Waals surface area contributed by atoms with Crippen LogP contribution in [-0.4, -0.2) is 32.3 Å². The molecule has 0 saturated heterocycles. The Morgan fingerprint density at radius 3 is 1.92 bits per heavy atom. The van der Waals surface area contributed by atoms with Gasteiger partial charge in [0.1, 0.15) is 6.29 Å². The van der Waals surface area contributed by atoms with Crippen molar-refractivity contribution in [3.63, 3.8) is 0 Å². The Morgan fingerprint density at radius 2 is 1.58 bits per heavy atom. The molecule has 0 aliphatic heterocycles. The van der Waals surface area contributed by atoms with Crippen molar-refractivity contribution in [3.8, 4) is 0 Å². The van der Waals surface area contributed by atoms with Crippen molar-refractivity contribution in [3.05, 3.63) is 0 Å². The maximum absolute atomic E-state index is 9.77. The molecule has 0 bridgehead atoms. The summed E-state index contributed by atoms with van der Waals surface area (Å²) in [6.07, 6.45) is 6.56. The smallest absolute Gasteiger partial charge is 0.119 e. The highest BCUT2D eigenvalue weighted by atomic mass is 16.1. The molecular weight excluding hydrogens is 150 g/mol. The zero-order chi connectivity index (χ0) is 9.82. The van der Waals surface area contributed by atoms with Gasteiger partial charge in [0.25, 0.3) is 0 Å². The molecular formula is C10H23NO. The van der Waals surface area contributed by atoms with Crippen LogP contribution in [0.5, 0.6) is 0 Å². The van der Waals surface area contributed by atoms with Crippen LogP contribution < -0.4 is 0 Å². The quantitative estimate of drug-likeness (QED) is 0.470. The second-order valence-electron chi connectivity index (χ2n) is 3.36. The summed E-state index contributed by atoms with van der Waals surface area (Å²) in [4.78, 5) is 11.8. The number of aldehydes is 1. The first kappa shape index (κ1) is 14.2. The second-order valence-corrected chi connectivity index (χ2v) is 3.36. The van der Waals surface area contributed by atoms with E-state index in [1.54, 1.807) is 0 Å². The first-order valence-corrected chi connectivity index (χ1v) is 4.69. The molecule has 0 unspecified atom stereocenters. The van der Waals surface area contributed by atoms with E-state index in [1.165, 1.54) is 19.3 Å². The predicted molar refractivity (Wildman–Crippen MR) is 54.4 cm³/mol. The van der Waals surface area contributed by atoms with E-state index in [4.69, 9.17) is 0 Å². The van der Waals surface area contributed by atoms with E-state index in [1.807, 2.05) is 26.0 Å². The first-order chi connectivity index (χ1) is 5.65. The topological polar surface area (TPSA) is 20.3 Å². The molecule has 0 atom stereocenters. The molecule has 0 aliphatic rings. The lowest BCUT2D eigenvalue weighted by Gasteiger charge is -1.90. The van der Waals surface area contributed by atoms with Crippen molar-refractivity contribution in [2.45, 2.75) is 39.0 Å². The summed E-state index contributed by atoms with van der Waals surface area (Å²) in [6, 6.07) is 0. The van der Waals surface area contributed by atoms with Gasteiger partial charge in [-0.3, -0.25) is 0 Å². The van der Waals surface area contributed by atoms with Crippen LogP contribution in [0.1, 0.15) is 39.0 Å². The van der Waals surface area contributed by atoms with Crippen molar-refractivity contribution in [1.82, 2.24) is 4.90 Å². The monoisotopic (exact) mass is 173 g/mol. The maximum Gasteiger partial charge on any atom is 0.119 e. The van der Waals surface area contributed by atoms with E-state index in [0.717, 1.165) is 19.1 Å². The average molecular weight is 173 g/mol. The molecule has 2 nitrogen and oxygen atoms in total. The molecule has 0 amide bonds. The van der Waals surface area contributed by atoms with Gasteiger partial charge in [-0.1, -0.05) is 26.2 Å². The predicted octanol–water partition coefficient (Wildman–Crippen LogP) is 2.33. The van der Waals surface area contributed by atoms with Crippen LogP contribution in [0.4, 0.5) is 0 Å². The lowest BCUT2D eigenvalue weighted by Crippen LogP contribution is -1.99. The van der Waals surface area contributed by atoms with Gasteiger partial charge < -0.3 is 9.69 Å². The lowest BCUT2D eigenvalue weighted by atomic mass is 10.2. The molecule has 2 heteroatoms. The van der Waals surface area contributed by atoms with Gasteiger partial charge in [0.15, 0.2) is 0 Å². The summed E-state index contributed by atoms with van der Waals surface area (Å²) in [7, 11) is 6.00. The molecule has 0 aromatic heterocycles. The normalized spacial score (nSPS) is 9.08. The highest BCUT2D eigenvalue weighted by Gasteiger charge is 1.83. The summed E-state index contributed by atoms with van der Waals surface area (Å²) < 4.78 is 0. The molecule has 0 N–H and O–H groups in total. The van der Waals surface area contributed by atoms with Gasteiger partial charge in [-0.25, -0.2) is 0 Å². The maximum atomic E-state index is 9.77. The number of unbranched alkanes of at least 4 members (excludes halogenated alkanes) is 4. The minimum Gasteiger partial charge on any atom is -0.312 e. The summed E-state index contributed by atoms with van der Waals surface area (Å²) in [5.74, 6) is 0. The summed E-state index contributed by atoms with van der Waals surface area (Å²) >= 11 is 0. The average Bonchev–Trinajstić information content (AvgIpc) is 1.97. The highest BCUT2D eigenvalue weighted by molar-refractivity contribution is 5.48. The molecule has 0 aliphatic carbocycles. The number of hydrogen-bond acceptors (Lipinski definition) is 2. The standard InChI is InChI=1S/C7H14O.C3H9N/c1-2-3-4-5-6-7-8;1-4(2)3/h7H,2-6H2,1H3;1-3H3. The molecule has 74 valence electrons. The number of carbonyl (C=O) groups excluding carboxylic acids is 1. The number of nitrogens with zero attached hydrogens (tertiary/aromatic N) is 1. The fraction of sp³-hybridized carbons (Fsp3) is 0.900. The van der Waals surface area contributed by atoms with Gasteiger partial charge in [0.2, 0.25) is 0 Å². The molecule has 0 aromatic carbocycles. The van der Waals surface area contributed by atoms with Gasteiger partial charge in [-0.05, 0) is 27.6 Å². The Balaban J connectivity index is 0. The van der Waals surface area contributed by atoms with Crippen LogP contribution in [0.15, 0.2) is 0 Å². The SMILES string of the molecule is CCCCCCC=O.CN(C)C. The van der Waals surface area contributed by atoms with Crippen LogP contribution in [-0.2, 0) is 4.79 Å². The van der Waals surface area contributed by atoms with E-state index in [0.29, 0.717) is 0 Å². The fourth-order valence-corrected chi connectivity index (χ4v) is 0.654. The Bertz CT molecular complexity index is 79.2. The summed E-state index contributed by atoms with van der Waals surface area (Å²) in [5, 5.41) is 0. The lowest BCUT2D eigenvalue weighted by molar-refractivity contribution is -0.107. The molecule has 0 spiro atoms. The van der Waals surface area contributed by atoms with Crippen LogP contribution in [0, 0.1) is 0 Å². The van der Waals surface area contributed by atoms with Crippen molar-refractivity contribution in [1.29, 1.82) is 0 Å². The van der Waals surface area contributed by atoms with Crippen LogP contribution in [0.2, 0.25) is 0 Å². The molecule has 0 rings (SSSR count). The third-order valence-corrected chi connectivity index (χ3v) is 1.18. The molecule has 12 heavy (non-hydrogen) atoms. The van der Waals surface area contributed by atoms with E-state index < -0.39 is 0 Å². The summed E-state index contributed by atoms with van der Waals surface area (Å²) in [6.45, 7) is 2.17. The first-order valence-electron chi connectivity index (χ1n) is 4.69. The largest absolute Gasteiger partial charge is 0.312 e. The Morgan fingerprint density at radius 1 is 1.08 bits per heavy atom. The zero-order valence-corrected chi connectivity index (χ0v) is 8.97. The minimum absolute atomic E-state index is 0.750. The molecule has 0 saturated carbocycles. The third kappa shape index (κ3) is 33.5. The van der Waals surface area contributed by atoms with Crippen molar-refractivity contribution < 1.29 is 4.79 Å². The van der Waals surface area contributed by atoms with E-state index in [-0.39, 0.29) is 0 Å². The third-order valence-electron chi connectivity index (χ3n) is 1.18.